The number of hydrogen-bond acceptors (Lipinski definition) is 5. The second-order valence-electron chi connectivity index (χ2n) is 6.30. The van der Waals surface area contributed by atoms with Crippen molar-refractivity contribution in [3.05, 3.63) is 81.7 Å². The summed E-state index contributed by atoms with van der Waals surface area (Å²) in [5.41, 5.74) is 4.29. The zero-order valence-electron chi connectivity index (χ0n) is 13.7. The molecule has 1 unspecified atom stereocenters. The smallest absolute Gasteiger partial charge is 0.269 e. The molecule has 0 fully saturated rings. The first-order valence-corrected chi connectivity index (χ1v) is 8.28. The summed E-state index contributed by atoms with van der Waals surface area (Å²) in [7, 11) is 0. The minimum atomic E-state index is -0.385. The molecule has 1 N–H and O–H groups in total. The monoisotopic (exact) mass is 349 g/mol. The number of nitro benzene ring substituents is 1. The quantitative estimate of drug-likeness (QED) is 0.567. The van der Waals surface area contributed by atoms with Crippen molar-refractivity contribution in [2.24, 2.45) is 0 Å². The van der Waals surface area contributed by atoms with Crippen LogP contribution in [0.15, 0.2) is 54.7 Å². The molecular formula is C19H15N3O4. The zero-order valence-corrected chi connectivity index (χ0v) is 13.7. The molecule has 0 aliphatic carbocycles. The van der Waals surface area contributed by atoms with E-state index in [0.717, 1.165) is 34.0 Å². The first kappa shape index (κ1) is 15.0. The van der Waals surface area contributed by atoms with E-state index in [1.807, 2.05) is 24.4 Å². The highest BCUT2D eigenvalue weighted by Gasteiger charge is 2.26. The van der Waals surface area contributed by atoms with Crippen LogP contribution in [-0.2, 0) is 6.54 Å². The molecule has 0 amide bonds. The molecule has 0 bridgehead atoms. The Morgan fingerprint density at radius 1 is 1.12 bits per heavy atom. The van der Waals surface area contributed by atoms with Gasteiger partial charge in [-0.3, -0.25) is 10.1 Å². The highest BCUT2D eigenvalue weighted by molar-refractivity contribution is 5.57. The van der Waals surface area contributed by atoms with Crippen molar-refractivity contribution in [1.29, 1.82) is 0 Å². The molecule has 3 aromatic rings. The van der Waals surface area contributed by atoms with E-state index in [1.54, 1.807) is 24.3 Å². The summed E-state index contributed by atoms with van der Waals surface area (Å²) in [4.78, 5) is 10.5. The third-order valence-electron chi connectivity index (χ3n) is 4.84. The summed E-state index contributed by atoms with van der Waals surface area (Å²) >= 11 is 0. The molecule has 7 nitrogen and oxygen atoms in total. The van der Waals surface area contributed by atoms with Gasteiger partial charge >= 0.3 is 0 Å². The second-order valence-corrected chi connectivity index (χ2v) is 6.30. The molecule has 2 aromatic carbocycles. The molecule has 0 spiro atoms. The van der Waals surface area contributed by atoms with E-state index in [4.69, 9.17) is 9.47 Å². The first-order valence-electron chi connectivity index (χ1n) is 8.28. The Labute approximate surface area is 148 Å². The van der Waals surface area contributed by atoms with E-state index >= 15 is 0 Å². The lowest BCUT2D eigenvalue weighted by Gasteiger charge is -2.18. The second kappa shape index (κ2) is 5.60. The van der Waals surface area contributed by atoms with Crippen LogP contribution in [0.25, 0.3) is 5.69 Å². The molecule has 26 heavy (non-hydrogen) atoms. The van der Waals surface area contributed by atoms with Gasteiger partial charge in [0.15, 0.2) is 11.5 Å². The number of nitrogens with one attached hydrogen (secondary N) is 1. The van der Waals surface area contributed by atoms with Crippen molar-refractivity contribution in [2.45, 2.75) is 12.6 Å². The van der Waals surface area contributed by atoms with Crippen LogP contribution in [0, 0.1) is 10.1 Å². The van der Waals surface area contributed by atoms with Crippen molar-refractivity contribution < 1.29 is 14.4 Å². The van der Waals surface area contributed by atoms with Crippen LogP contribution in [0.4, 0.5) is 5.69 Å². The Balaban J connectivity index is 1.59. The lowest BCUT2D eigenvalue weighted by molar-refractivity contribution is -0.384. The molecule has 1 atom stereocenters. The van der Waals surface area contributed by atoms with Gasteiger partial charge in [-0.2, -0.15) is 0 Å². The molecule has 0 radical (unpaired) electrons. The van der Waals surface area contributed by atoms with Crippen LogP contribution in [-0.4, -0.2) is 16.3 Å². The van der Waals surface area contributed by atoms with Crippen molar-refractivity contribution in [2.75, 3.05) is 6.79 Å². The highest BCUT2D eigenvalue weighted by atomic mass is 16.7. The van der Waals surface area contributed by atoms with Crippen LogP contribution in [0.1, 0.15) is 22.9 Å². The average Bonchev–Trinajstić information content (AvgIpc) is 3.28. The summed E-state index contributed by atoms with van der Waals surface area (Å²) < 4.78 is 13.2. The maximum Gasteiger partial charge on any atom is 0.269 e. The standard InChI is InChI=1S/C19H15N3O4/c23-22(24)14-5-3-12(4-6-14)19-15-2-1-7-21(15)16-9-18-17(25-11-26-18)8-13(16)10-20-19/h1-9,19-20H,10-11H2. The van der Waals surface area contributed by atoms with Crippen molar-refractivity contribution in [3.63, 3.8) is 0 Å². The minimum Gasteiger partial charge on any atom is -0.454 e. The van der Waals surface area contributed by atoms with Gasteiger partial charge in [-0.15, -0.1) is 0 Å². The summed E-state index contributed by atoms with van der Waals surface area (Å²) in [6, 6.07) is 14.7. The van der Waals surface area contributed by atoms with Gasteiger partial charge in [0.05, 0.1) is 16.7 Å². The predicted molar refractivity (Wildman–Crippen MR) is 93.7 cm³/mol. The third-order valence-corrected chi connectivity index (χ3v) is 4.84. The fourth-order valence-corrected chi connectivity index (χ4v) is 3.58. The third kappa shape index (κ3) is 2.25. The number of ether oxygens (including phenoxy) is 2. The van der Waals surface area contributed by atoms with Gasteiger partial charge in [0, 0.05) is 36.6 Å². The van der Waals surface area contributed by atoms with E-state index in [-0.39, 0.29) is 23.4 Å². The van der Waals surface area contributed by atoms with Gasteiger partial charge in [0.2, 0.25) is 6.79 Å². The number of nitro groups is 1. The van der Waals surface area contributed by atoms with Gasteiger partial charge < -0.3 is 19.4 Å². The van der Waals surface area contributed by atoms with Crippen molar-refractivity contribution in [3.8, 4) is 17.2 Å². The molecule has 0 saturated heterocycles. The molecule has 2 aliphatic heterocycles. The summed E-state index contributed by atoms with van der Waals surface area (Å²) in [5.74, 6) is 1.50. The normalized spacial score (nSPS) is 17.3. The average molecular weight is 349 g/mol. The lowest BCUT2D eigenvalue weighted by atomic mass is 10.0. The largest absolute Gasteiger partial charge is 0.454 e. The Morgan fingerprint density at radius 2 is 1.88 bits per heavy atom. The fraction of sp³-hybridized carbons (Fsp3) is 0.158. The van der Waals surface area contributed by atoms with E-state index in [9.17, 15) is 10.1 Å². The summed E-state index contributed by atoms with van der Waals surface area (Å²) in [5, 5.41) is 14.5. The van der Waals surface area contributed by atoms with Gasteiger partial charge in [-0.1, -0.05) is 12.1 Å². The Hall–Kier alpha value is -3.32. The number of non-ortho nitro benzene ring substituents is 1. The van der Waals surface area contributed by atoms with E-state index in [2.05, 4.69) is 16.0 Å². The minimum absolute atomic E-state index is 0.0742. The topological polar surface area (TPSA) is 78.6 Å². The van der Waals surface area contributed by atoms with Crippen LogP contribution in [0.2, 0.25) is 0 Å². The van der Waals surface area contributed by atoms with Crippen LogP contribution in [0.3, 0.4) is 0 Å². The van der Waals surface area contributed by atoms with Crippen LogP contribution >= 0.6 is 0 Å². The fourth-order valence-electron chi connectivity index (χ4n) is 3.58. The highest BCUT2D eigenvalue weighted by Crippen LogP contribution is 2.39. The molecular weight excluding hydrogens is 334 g/mol. The molecule has 3 heterocycles. The lowest BCUT2D eigenvalue weighted by Crippen LogP contribution is -2.21. The zero-order chi connectivity index (χ0) is 17.7. The molecule has 1 aromatic heterocycles. The maximum absolute atomic E-state index is 10.9. The summed E-state index contributed by atoms with van der Waals surface area (Å²) in [6.07, 6.45) is 2.02. The van der Waals surface area contributed by atoms with Crippen LogP contribution < -0.4 is 14.8 Å². The molecule has 2 aliphatic rings. The number of nitrogens with zero attached hydrogens (tertiary/aromatic N) is 2. The number of aromatic nitrogens is 1. The van der Waals surface area contributed by atoms with Crippen molar-refractivity contribution >= 4 is 5.69 Å². The summed E-state index contributed by atoms with van der Waals surface area (Å²) in [6.45, 7) is 0.894. The molecule has 130 valence electrons. The number of rotatable bonds is 2. The number of hydrogen-bond donors (Lipinski definition) is 1. The Morgan fingerprint density at radius 3 is 2.65 bits per heavy atom. The van der Waals surface area contributed by atoms with E-state index in [0.29, 0.717) is 6.54 Å². The Kier molecular flexibility index (Phi) is 3.23. The van der Waals surface area contributed by atoms with Crippen LogP contribution in [0.5, 0.6) is 11.5 Å². The van der Waals surface area contributed by atoms with Gasteiger partial charge in [-0.25, -0.2) is 0 Å². The Bertz CT molecular complexity index is 1010. The molecule has 0 saturated carbocycles. The number of fused-ring (bicyclic) bond motifs is 4. The predicted octanol–water partition coefficient (Wildman–Crippen LogP) is 3.31. The maximum atomic E-state index is 10.9. The van der Waals surface area contributed by atoms with Gasteiger partial charge in [0.25, 0.3) is 5.69 Å². The SMILES string of the molecule is O=[N+]([O-])c1ccc(C2NCc3cc4c(cc3-n3cccc32)OCO4)cc1. The van der Waals surface area contributed by atoms with Gasteiger partial charge in [-0.05, 0) is 29.3 Å². The first-order chi connectivity index (χ1) is 12.7. The van der Waals surface area contributed by atoms with E-state index < -0.39 is 0 Å². The molecule has 5 rings (SSSR count). The number of benzene rings is 2. The van der Waals surface area contributed by atoms with E-state index in [1.165, 1.54) is 0 Å². The van der Waals surface area contributed by atoms with Gasteiger partial charge in [0.1, 0.15) is 0 Å². The van der Waals surface area contributed by atoms with Crippen molar-refractivity contribution in [1.82, 2.24) is 9.88 Å². The molecule has 7 heteroatoms.